The second kappa shape index (κ2) is 4.23. The molecule has 0 aliphatic rings. The monoisotopic (exact) mass is 277 g/mol. The molecule has 0 aliphatic heterocycles. The summed E-state index contributed by atoms with van der Waals surface area (Å²) >= 11 is 11.9. The number of nitrogen functional groups attached to an aromatic ring is 1. The van der Waals surface area contributed by atoms with Crippen LogP contribution < -0.4 is 5.73 Å². The Bertz CT molecular complexity index is 734. The van der Waals surface area contributed by atoms with E-state index >= 15 is 0 Å². The summed E-state index contributed by atoms with van der Waals surface area (Å²) in [5, 5.41) is 2.17. The zero-order valence-electron chi connectivity index (χ0n) is 9.28. The number of anilines is 1. The van der Waals surface area contributed by atoms with Crippen molar-refractivity contribution in [3.05, 3.63) is 52.5 Å². The maximum Gasteiger partial charge on any atom is 0.135 e. The first kappa shape index (κ1) is 11.5. The summed E-state index contributed by atoms with van der Waals surface area (Å²) in [4.78, 5) is 0. The Morgan fingerprint density at radius 1 is 0.944 bits per heavy atom. The topological polar surface area (TPSA) is 39.2 Å². The largest absolute Gasteiger partial charge is 0.456 e. The fourth-order valence-corrected chi connectivity index (χ4v) is 2.20. The minimum Gasteiger partial charge on any atom is -0.456 e. The van der Waals surface area contributed by atoms with Crippen molar-refractivity contribution in [3.8, 4) is 11.3 Å². The highest BCUT2D eigenvalue weighted by atomic mass is 35.5. The first-order valence-electron chi connectivity index (χ1n) is 5.38. The molecule has 3 aromatic rings. The number of rotatable bonds is 1. The van der Waals surface area contributed by atoms with E-state index < -0.39 is 0 Å². The summed E-state index contributed by atoms with van der Waals surface area (Å²) < 4.78 is 5.75. The van der Waals surface area contributed by atoms with Gasteiger partial charge in [0.1, 0.15) is 11.3 Å². The molecular formula is C14H9Cl2NO. The van der Waals surface area contributed by atoms with Crippen LogP contribution in [0, 0.1) is 0 Å². The minimum absolute atomic E-state index is 0.519. The van der Waals surface area contributed by atoms with Gasteiger partial charge in [0.15, 0.2) is 0 Å². The highest BCUT2D eigenvalue weighted by molar-refractivity contribution is 6.33. The molecule has 4 heteroatoms. The Labute approximate surface area is 114 Å². The van der Waals surface area contributed by atoms with E-state index in [-0.39, 0.29) is 0 Å². The molecule has 0 unspecified atom stereocenters. The van der Waals surface area contributed by atoms with E-state index in [1.807, 2.05) is 24.3 Å². The minimum atomic E-state index is 0.519. The van der Waals surface area contributed by atoms with Gasteiger partial charge in [0, 0.05) is 16.0 Å². The summed E-state index contributed by atoms with van der Waals surface area (Å²) in [5.74, 6) is 0.745. The smallest absolute Gasteiger partial charge is 0.135 e. The van der Waals surface area contributed by atoms with Gasteiger partial charge in [-0.3, -0.25) is 0 Å². The second-order valence-corrected chi connectivity index (χ2v) is 4.87. The van der Waals surface area contributed by atoms with E-state index in [1.165, 1.54) is 0 Å². The van der Waals surface area contributed by atoms with Crippen molar-refractivity contribution in [2.75, 3.05) is 5.73 Å². The van der Waals surface area contributed by atoms with E-state index in [2.05, 4.69) is 0 Å². The highest BCUT2D eigenvalue weighted by Crippen LogP contribution is 2.32. The third kappa shape index (κ3) is 1.94. The molecule has 0 saturated carbocycles. The second-order valence-electron chi connectivity index (χ2n) is 4.03. The van der Waals surface area contributed by atoms with E-state index in [9.17, 15) is 0 Å². The lowest BCUT2D eigenvalue weighted by molar-refractivity contribution is 0.631. The fourth-order valence-electron chi connectivity index (χ4n) is 1.84. The summed E-state index contributed by atoms with van der Waals surface area (Å²) in [7, 11) is 0. The summed E-state index contributed by atoms with van der Waals surface area (Å²) in [6.07, 6.45) is 0. The van der Waals surface area contributed by atoms with Crippen LogP contribution in [-0.4, -0.2) is 0 Å². The molecule has 2 aromatic carbocycles. The van der Waals surface area contributed by atoms with Crippen LogP contribution >= 0.6 is 23.2 Å². The lowest BCUT2D eigenvalue weighted by atomic mass is 10.1. The Balaban J connectivity index is 2.16. The average Bonchev–Trinajstić information content (AvgIpc) is 2.75. The van der Waals surface area contributed by atoms with Crippen LogP contribution in [0.1, 0.15) is 0 Å². The molecule has 18 heavy (non-hydrogen) atoms. The molecule has 0 fully saturated rings. The third-order valence-corrected chi connectivity index (χ3v) is 3.33. The number of furan rings is 1. The van der Waals surface area contributed by atoms with Crippen molar-refractivity contribution in [1.82, 2.24) is 0 Å². The molecule has 1 heterocycles. The summed E-state index contributed by atoms with van der Waals surface area (Å²) in [5.41, 5.74) is 7.92. The molecule has 90 valence electrons. The lowest BCUT2D eigenvalue weighted by Crippen LogP contribution is -1.85. The van der Waals surface area contributed by atoms with Gasteiger partial charge < -0.3 is 10.2 Å². The number of benzene rings is 2. The summed E-state index contributed by atoms with van der Waals surface area (Å²) in [6, 6.07) is 12.9. The highest BCUT2D eigenvalue weighted by Gasteiger charge is 2.08. The van der Waals surface area contributed by atoms with Crippen LogP contribution in [0.4, 0.5) is 5.69 Å². The van der Waals surface area contributed by atoms with E-state index in [0.717, 1.165) is 22.3 Å². The molecule has 0 atom stereocenters. The average molecular weight is 278 g/mol. The lowest BCUT2D eigenvalue weighted by Gasteiger charge is -2.00. The molecule has 3 rings (SSSR count). The Hall–Kier alpha value is -1.64. The molecule has 2 N–H and O–H groups in total. The van der Waals surface area contributed by atoms with E-state index in [0.29, 0.717) is 15.7 Å². The van der Waals surface area contributed by atoms with Crippen molar-refractivity contribution in [3.63, 3.8) is 0 Å². The maximum absolute atomic E-state index is 6.00. The van der Waals surface area contributed by atoms with Gasteiger partial charge in [0.2, 0.25) is 0 Å². The number of hydrogen-bond donors (Lipinski definition) is 1. The van der Waals surface area contributed by atoms with Gasteiger partial charge >= 0.3 is 0 Å². The van der Waals surface area contributed by atoms with Crippen LogP contribution in [0.5, 0.6) is 0 Å². The predicted molar refractivity (Wildman–Crippen MR) is 76.1 cm³/mol. The van der Waals surface area contributed by atoms with Crippen LogP contribution in [0.15, 0.2) is 46.9 Å². The Morgan fingerprint density at radius 2 is 1.78 bits per heavy atom. The first-order chi connectivity index (χ1) is 8.63. The molecule has 0 radical (unpaired) electrons. The van der Waals surface area contributed by atoms with Crippen molar-refractivity contribution >= 4 is 39.9 Å². The predicted octanol–water partition coefficient (Wildman–Crippen LogP) is 4.99. The molecular weight excluding hydrogens is 269 g/mol. The van der Waals surface area contributed by atoms with Crippen molar-refractivity contribution < 1.29 is 4.42 Å². The molecule has 0 amide bonds. The van der Waals surface area contributed by atoms with Crippen LogP contribution in [0.3, 0.4) is 0 Å². The number of halogens is 2. The molecule has 2 nitrogen and oxygen atoms in total. The Kier molecular flexibility index (Phi) is 2.69. The van der Waals surface area contributed by atoms with Gasteiger partial charge in [-0.2, -0.15) is 0 Å². The van der Waals surface area contributed by atoms with Gasteiger partial charge in [-0.1, -0.05) is 23.2 Å². The molecule has 1 aromatic heterocycles. The van der Waals surface area contributed by atoms with Crippen molar-refractivity contribution in [2.24, 2.45) is 0 Å². The van der Waals surface area contributed by atoms with Crippen molar-refractivity contribution in [1.29, 1.82) is 0 Å². The standard InChI is InChI=1S/C14H9Cl2NO/c15-10-2-4-13-9(5-10)7-14(18-13)8-1-3-12(17)11(16)6-8/h1-7H,17H2. The molecule has 0 aliphatic carbocycles. The van der Waals surface area contributed by atoms with Crippen LogP contribution in [0.2, 0.25) is 10.0 Å². The van der Waals surface area contributed by atoms with Crippen LogP contribution in [-0.2, 0) is 0 Å². The van der Waals surface area contributed by atoms with Gasteiger partial charge in [-0.05, 0) is 42.5 Å². The van der Waals surface area contributed by atoms with E-state index in [1.54, 1.807) is 18.2 Å². The third-order valence-electron chi connectivity index (χ3n) is 2.76. The van der Waals surface area contributed by atoms with Crippen LogP contribution in [0.25, 0.3) is 22.3 Å². The number of nitrogens with two attached hydrogens (primary N) is 1. The Morgan fingerprint density at radius 3 is 2.56 bits per heavy atom. The number of hydrogen-bond acceptors (Lipinski definition) is 2. The quantitative estimate of drug-likeness (QED) is 0.637. The zero-order chi connectivity index (χ0) is 12.7. The first-order valence-corrected chi connectivity index (χ1v) is 6.13. The van der Waals surface area contributed by atoms with Crippen molar-refractivity contribution in [2.45, 2.75) is 0 Å². The summed E-state index contributed by atoms with van der Waals surface area (Å²) in [6.45, 7) is 0. The van der Waals surface area contributed by atoms with Gasteiger partial charge in [-0.25, -0.2) is 0 Å². The maximum atomic E-state index is 6.00. The zero-order valence-corrected chi connectivity index (χ0v) is 10.8. The molecule has 0 spiro atoms. The van der Waals surface area contributed by atoms with Gasteiger partial charge in [0.05, 0.1) is 10.7 Å². The molecule has 0 bridgehead atoms. The number of fused-ring (bicyclic) bond motifs is 1. The SMILES string of the molecule is Nc1ccc(-c2cc3cc(Cl)ccc3o2)cc1Cl. The normalized spacial score (nSPS) is 11.0. The fraction of sp³-hybridized carbons (Fsp3) is 0. The van der Waals surface area contributed by atoms with Gasteiger partial charge in [-0.15, -0.1) is 0 Å². The van der Waals surface area contributed by atoms with E-state index in [4.69, 9.17) is 33.4 Å². The van der Waals surface area contributed by atoms with Gasteiger partial charge in [0.25, 0.3) is 0 Å². The molecule has 0 saturated heterocycles.